The van der Waals surface area contributed by atoms with Gasteiger partial charge in [0.2, 0.25) is 5.91 Å². The van der Waals surface area contributed by atoms with Crippen LogP contribution in [0.5, 0.6) is 0 Å². The Kier molecular flexibility index (Phi) is 4.53. The summed E-state index contributed by atoms with van der Waals surface area (Å²) in [4.78, 5) is 15.0. The Hall–Kier alpha value is -2.20. The highest BCUT2D eigenvalue weighted by Crippen LogP contribution is 2.48. The Morgan fingerprint density at radius 1 is 1.08 bits per heavy atom. The number of halogens is 1. The molecular weight excluding hydrogens is 315 g/mol. The number of rotatable bonds is 5. The Balaban J connectivity index is 1.43. The van der Waals surface area contributed by atoms with E-state index in [0.29, 0.717) is 5.56 Å². The van der Waals surface area contributed by atoms with Gasteiger partial charge in [0.05, 0.1) is 0 Å². The van der Waals surface area contributed by atoms with Crippen molar-refractivity contribution in [2.75, 3.05) is 18.4 Å². The van der Waals surface area contributed by atoms with Crippen molar-refractivity contribution in [1.82, 2.24) is 4.90 Å². The fourth-order valence-electron chi connectivity index (χ4n) is 3.79. The molecule has 0 aromatic heterocycles. The SMILES string of the molecule is O=C(Nc1ccccc1CN1CCCC1)[C@H]1C[C@@H]1c1ccccc1F. The fourth-order valence-corrected chi connectivity index (χ4v) is 3.79. The number of benzene rings is 2. The minimum absolute atomic E-state index is 0.00197. The molecule has 25 heavy (non-hydrogen) atoms. The molecule has 2 aromatic carbocycles. The first-order chi connectivity index (χ1) is 12.2. The largest absolute Gasteiger partial charge is 0.326 e. The van der Waals surface area contributed by atoms with Crippen LogP contribution in [0.1, 0.15) is 36.3 Å². The molecule has 1 N–H and O–H groups in total. The lowest BCUT2D eigenvalue weighted by molar-refractivity contribution is -0.117. The van der Waals surface area contributed by atoms with E-state index in [2.05, 4.69) is 16.3 Å². The van der Waals surface area contributed by atoms with Crippen LogP contribution in [-0.2, 0) is 11.3 Å². The Morgan fingerprint density at radius 2 is 1.80 bits per heavy atom. The van der Waals surface area contributed by atoms with Gasteiger partial charge in [-0.25, -0.2) is 4.39 Å². The Bertz CT molecular complexity index is 770. The van der Waals surface area contributed by atoms with Crippen LogP contribution >= 0.6 is 0 Å². The van der Waals surface area contributed by atoms with E-state index in [1.54, 1.807) is 12.1 Å². The first kappa shape index (κ1) is 16.3. The molecule has 4 heteroatoms. The molecule has 1 saturated heterocycles. The number of hydrogen-bond donors (Lipinski definition) is 1. The van der Waals surface area contributed by atoms with Gasteiger partial charge in [-0.3, -0.25) is 9.69 Å². The van der Waals surface area contributed by atoms with Crippen LogP contribution in [0.25, 0.3) is 0 Å². The van der Waals surface area contributed by atoms with Crippen molar-refractivity contribution in [2.24, 2.45) is 5.92 Å². The van der Waals surface area contributed by atoms with Gasteiger partial charge in [0.25, 0.3) is 0 Å². The molecule has 130 valence electrons. The van der Waals surface area contributed by atoms with E-state index in [4.69, 9.17) is 0 Å². The molecule has 2 aliphatic rings. The van der Waals surface area contributed by atoms with Gasteiger partial charge >= 0.3 is 0 Å². The maximum absolute atomic E-state index is 13.9. The molecule has 1 saturated carbocycles. The van der Waals surface area contributed by atoms with E-state index in [1.807, 2.05) is 24.3 Å². The number of likely N-dealkylation sites (tertiary alicyclic amines) is 1. The molecule has 2 aromatic rings. The smallest absolute Gasteiger partial charge is 0.228 e. The number of nitrogens with one attached hydrogen (secondary N) is 1. The van der Waals surface area contributed by atoms with Gasteiger partial charge < -0.3 is 5.32 Å². The first-order valence-corrected chi connectivity index (χ1v) is 9.08. The zero-order valence-corrected chi connectivity index (χ0v) is 14.2. The summed E-state index contributed by atoms with van der Waals surface area (Å²) in [6.07, 6.45) is 3.23. The molecule has 1 aliphatic heterocycles. The highest BCUT2D eigenvalue weighted by Gasteiger charge is 2.45. The lowest BCUT2D eigenvalue weighted by Crippen LogP contribution is -2.21. The van der Waals surface area contributed by atoms with Crippen molar-refractivity contribution in [2.45, 2.75) is 31.7 Å². The topological polar surface area (TPSA) is 32.3 Å². The summed E-state index contributed by atoms with van der Waals surface area (Å²) in [6.45, 7) is 3.12. The van der Waals surface area contributed by atoms with E-state index in [0.717, 1.165) is 37.3 Å². The minimum Gasteiger partial charge on any atom is -0.326 e. The van der Waals surface area contributed by atoms with Gasteiger partial charge in [-0.05, 0) is 61.5 Å². The monoisotopic (exact) mass is 338 g/mol. The van der Waals surface area contributed by atoms with Crippen molar-refractivity contribution in [3.8, 4) is 0 Å². The second-order valence-corrected chi connectivity index (χ2v) is 7.10. The summed E-state index contributed by atoms with van der Waals surface area (Å²) < 4.78 is 13.9. The lowest BCUT2D eigenvalue weighted by atomic mass is 10.1. The van der Waals surface area contributed by atoms with E-state index in [1.165, 1.54) is 18.9 Å². The number of carbonyl (C=O) groups excluding carboxylic acids is 1. The van der Waals surface area contributed by atoms with Crippen molar-refractivity contribution in [1.29, 1.82) is 0 Å². The van der Waals surface area contributed by atoms with Crippen LogP contribution in [0.2, 0.25) is 0 Å². The molecule has 0 bridgehead atoms. The predicted molar refractivity (Wildman–Crippen MR) is 96.8 cm³/mol. The maximum atomic E-state index is 13.9. The van der Waals surface area contributed by atoms with E-state index in [9.17, 15) is 9.18 Å². The second-order valence-electron chi connectivity index (χ2n) is 7.10. The predicted octanol–water partition coefficient (Wildman–Crippen LogP) is 4.16. The standard InChI is InChI=1S/C21H23FN2O/c22-19-9-3-2-8-16(19)17-13-18(17)21(25)23-20-10-4-1-7-15(20)14-24-11-5-6-12-24/h1-4,7-10,17-18H,5-6,11-14H2,(H,23,25)/t17-,18+/m1/s1. The number of anilines is 1. The third-order valence-corrected chi connectivity index (χ3v) is 5.30. The number of carbonyl (C=O) groups is 1. The number of amides is 1. The van der Waals surface area contributed by atoms with Crippen molar-refractivity contribution >= 4 is 11.6 Å². The van der Waals surface area contributed by atoms with Gasteiger partial charge in [-0.2, -0.15) is 0 Å². The van der Waals surface area contributed by atoms with Crippen LogP contribution < -0.4 is 5.32 Å². The van der Waals surface area contributed by atoms with Gasteiger partial charge in [0, 0.05) is 18.2 Å². The third kappa shape index (κ3) is 3.59. The molecule has 0 unspecified atom stereocenters. The fraction of sp³-hybridized carbons (Fsp3) is 0.381. The summed E-state index contributed by atoms with van der Waals surface area (Å²) in [5.41, 5.74) is 2.70. The van der Waals surface area contributed by atoms with Gasteiger partial charge in [-0.1, -0.05) is 36.4 Å². The van der Waals surface area contributed by atoms with Crippen LogP contribution in [-0.4, -0.2) is 23.9 Å². The van der Waals surface area contributed by atoms with Gasteiger partial charge in [0.1, 0.15) is 5.82 Å². The summed E-state index contributed by atoms with van der Waals surface area (Å²) in [6, 6.07) is 14.8. The van der Waals surface area contributed by atoms with Crippen LogP contribution in [0.3, 0.4) is 0 Å². The second kappa shape index (κ2) is 6.96. The number of para-hydroxylation sites is 1. The summed E-state index contributed by atoms with van der Waals surface area (Å²) in [7, 11) is 0. The average molecular weight is 338 g/mol. The lowest BCUT2D eigenvalue weighted by Gasteiger charge is -2.18. The molecule has 1 aliphatic carbocycles. The van der Waals surface area contributed by atoms with Crippen LogP contribution in [0.15, 0.2) is 48.5 Å². The van der Waals surface area contributed by atoms with Crippen LogP contribution in [0, 0.1) is 11.7 Å². The molecule has 0 radical (unpaired) electrons. The summed E-state index contributed by atoms with van der Waals surface area (Å²) in [5.74, 6) is -0.331. The van der Waals surface area contributed by atoms with E-state index < -0.39 is 0 Å². The number of hydrogen-bond acceptors (Lipinski definition) is 2. The van der Waals surface area contributed by atoms with Crippen molar-refractivity contribution in [3.63, 3.8) is 0 Å². The highest BCUT2D eigenvalue weighted by atomic mass is 19.1. The Labute approximate surface area is 147 Å². The Morgan fingerprint density at radius 3 is 2.60 bits per heavy atom. The van der Waals surface area contributed by atoms with Crippen LogP contribution in [0.4, 0.5) is 10.1 Å². The maximum Gasteiger partial charge on any atom is 0.228 e. The van der Waals surface area contributed by atoms with E-state index in [-0.39, 0.29) is 23.6 Å². The average Bonchev–Trinajstić information content (AvgIpc) is 3.25. The molecular formula is C21H23FN2O. The van der Waals surface area contributed by atoms with Crippen molar-refractivity contribution < 1.29 is 9.18 Å². The molecule has 3 nitrogen and oxygen atoms in total. The van der Waals surface area contributed by atoms with Gasteiger partial charge in [0.15, 0.2) is 0 Å². The first-order valence-electron chi connectivity index (χ1n) is 9.08. The zero-order valence-electron chi connectivity index (χ0n) is 14.2. The molecule has 1 amide bonds. The molecule has 0 spiro atoms. The summed E-state index contributed by atoms with van der Waals surface area (Å²) in [5, 5.41) is 3.08. The highest BCUT2D eigenvalue weighted by molar-refractivity contribution is 5.95. The number of nitrogens with zero attached hydrogens (tertiary/aromatic N) is 1. The zero-order chi connectivity index (χ0) is 17.2. The molecule has 1 heterocycles. The molecule has 2 fully saturated rings. The normalized spacial score (nSPS) is 22.8. The third-order valence-electron chi connectivity index (χ3n) is 5.30. The van der Waals surface area contributed by atoms with E-state index >= 15 is 0 Å². The molecule has 2 atom stereocenters. The summed E-state index contributed by atoms with van der Waals surface area (Å²) >= 11 is 0. The minimum atomic E-state index is -0.211. The molecule has 4 rings (SSSR count). The van der Waals surface area contributed by atoms with Gasteiger partial charge in [-0.15, -0.1) is 0 Å². The van der Waals surface area contributed by atoms with Crippen molar-refractivity contribution in [3.05, 3.63) is 65.5 Å². The quantitative estimate of drug-likeness (QED) is 0.888.